The van der Waals surface area contributed by atoms with E-state index in [1.807, 2.05) is 24.3 Å². The molecule has 5 nitrogen and oxygen atoms in total. The molecule has 1 aromatic carbocycles. The van der Waals surface area contributed by atoms with Gasteiger partial charge in [0.1, 0.15) is 5.82 Å². The standard InChI is InChI=1S/C16H14N4O/c21-16(20-11-12-5-7-17-8-6-12)14-3-1-13(2-4-14)15-18-9-10-19-15/h1-10H,11H2,(H,18,19)(H,20,21). The molecular formula is C16H14N4O. The molecule has 2 N–H and O–H groups in total. The van der Waals surface area contributed by atoms with Crippen LogP contribution >= 0.6 is 0 Å². The fourth-order valence-electron chi connectivity index (χ4n) is 1.99. The first-order valence-corrected chi connectivity index (χ1v) is 6.60. The fourth-order valence-corrected chi connectivity index (χ4v) is 1.99. The molecule has 5 heteroatoms. The minimum absolute atomic E-state index is 0.0993. The molecule has 0 aliphatic rings. The van der Waals surface area contributed by atoms with E-state index in [9.17, 15) is 4.79 Å². The number of H-pyrrole nitrogens is 1. The largest absolute Gasteiger partial charge is 0.348 e. The number of imidazole rings is 1. The average molecular weight is 278 g/mol. The molecule has 0 fully saturated rings. The topological polar surface area (TPSA) is 70.7 Å². The van der Waals surface area contributed by atoms with Crippen molar-refractivity contribution in [3.8, 4) is 11.4 Å². The summed E-state index contributed by atoms with van der Waals surface area (Å²) in [7, 11) is 0. The third kappa shape index (κ3) is 3.14. The Balaban J connectivity index is 1.65. The smallest absolute Gasteiger partial charge is 0.251 e. The molecular weight excluding hydrogens is 264 g/mol. The normalized spacial score (nSPS) is 10.3. The molecule has 0 bridgehead atoms. The Morgan fingerprint density at radius 3 is 2.48 bits per heavy atom. The third-order valence-corrected chi connectivity index (χ3v) is 3.12. The van der Waals surface area contributed by atoms with Gasteiger partial charge in [-0.1, -0.05) is 12.1 Å². The molecule has 0 unspecified atom stereocenters. The summed E-state index contributed by atoms with van der Waals surface area (Å²) in [5.41, 5.74) is 2.59. The number of hydrogen-bond acceptors (Lipinski definition) is 3. The molecule has 3 rings (SSSR count). The minimum Gasteiger partial charge on any atom is -0.348 e. The zero-order valence-corrected chi connectivity index (χ0v) is 11.3. The summed E-state index contributed by atoms with van der Waals surface area (Å²) in [5, 5.41) is 2.88. The van der Waals surface area contributed by atoms with Gasteiger partial charge in [0.05, 0.1) is 0 Å². The van der Waals surface area contributed by atoms with Crippen molar-refractivity contribution in [2.45, 2.75) is 6.54 Å². The van der Waals surface area contributed by atoms with Crippen LogP contribution < -0.4 is 5.32 Å². The van der Waals surface area contributed by atoms with Crippen LogP contribution in [0.25, 0.3) is 11.4 Å². The van der Waals surface area contributed by atoms with E-state index < -0.39 is 0 Å². The summed E-state index contributed by atoms with van der Waals surface area (Å²) in [6.07, 6.45) is 6.88. The maximum absolute atomic E-state index is 12.1. The van der Waals surface area contributed by atoms with Crippen LogP contribution in [-0.4, -0.2) is 20.9 Å². The third-order valence-electron chi connectivity index (χ3n) is 3.12. The van der Waals surface area contributed by atoms with Crippen LogP contribution in [0.3, 0.4) is 0 Å². The summed E-state index contributed by atoms with van der Waals surface area (Å²) >= 11 is 0. The molecule has 3 aromatic rings. The number of aromatic nitrogens is 3. The highest BCUT2D eigenvalue weighted by Crippen LogP contribution is 2.15. The molecule has 0 saturated carbocycles. The second-order valence-electron chi connectivity index (χ2n) is 4.55. The summed E-state index contributed by atoms with van der Waals surface area (Å²) < 4.78 is 0. The quantitative estimate of drug-likeness (QED) is 0.770. The van der Waals surface area contributed by atoms with Gasteiger partial charge in [-0.15, -0.1) is 0 Å². The van der Waals surface area contributed by atoms with Gasteiger partial charge >= 0.3 is 0 Å². The average Bonchev–Trinajstić information content (AvgIpc) is 3.08. The van der Waals surface area contributed by atoms with Crippen molar-refractivity contribution in [1.29, 1.82) is 0 Å². The number of hydrogen-bond donors (Lipinski definition) is 2. The van der Waals surface area contributed by atoms with E-state index in [2.05, 4.69) is 20.3 Å². The van der Waals surface area contributed by atoms with Crippen molar-refractivity contribution in [1.82, 2.24) is 20.3 Å². The highest BCUT2D eigenvalue weighted by Gasteiger charge is 2.06. The Hall–Kier alpha value is -2.95. The number of amides is 1. The van der Waals surface area contributed by atoms with E-state index in [-0.39, 0.29) is 5.91 Å². The number of carbonyl (C=O) groups excluding carboxylic acids is 1. The van der Waals surface area contributed by atoms with Crippen LogP contribution in [0, 0.1) is 0 Å². The Labute approximate surface area is 122 Å². The number of benzene rings is 1. The number of rotatable bonds is 4. The van der Waals surface area contributed by atoms with Gasteiger partial charge in [-0.05, 0) is 29.8 Å². The van der Waals surface area contributed by atoms with Crippen LogP contribution in [0.1, 0.15) is 15.9 Å². The molecule has 104 valence electrons. The SMILES string of the molecule is O=C(NCc1ccncc1)c1ccc(-c2ncc[nH]2)cc1. The predicted octanol–water partition coefficient (Wildman–Crippen LogP) is 2.40. The molecule has 21 heavy (non-hydrogen) atoms. The molecule has 0 aliphatic carbocycles. The summed E-state index contributed by atoms with van der Waals surface area (Å²) in [6, 6.07) is 11.1. The van der Waals surface area contributed by atoms with Crippen molar-refractivity contribution in [2.75, 3.05) is 0 Å². The maximum atomic E-state index is 12.1. The number of aromatic amines is 1. The van der Waals surface area contributed by atoms with Crippen LogP contribution in [0.5, 0.6) is 0 Å². The second kappa shape index (κ2) is 6.00. The number of pyridine rings is 1. The summed E-state index contributed by atoms with van der Waals surface area (Å²) in [5.74, 6) is 0.691. The van der Waals surface area contributed by atoms with E-state index in [0.29, 0.717) is 12.1 Å². The van der Waals surface area contributed by atoms with Crippen LogP contribution in [0.4, 0.5) is 0 Å². The van der Waals surface area contributed by atoms with Crippen molar-refractivity contribution < 1.29 is 4.79 Å². The lowest BCUT2D eigenvalue weighted by molar-refractivity contribution is 0.0951. The molecule has 0 atom stereocenters. The van der Waals surface area contributed by atoms with Crippen LogP contribution in [0.15, 0.2) is 61.2 Å². The molecule has 0 saturated heterocycles. The Morgan fingerprint density at radius 2 is 1.81 bits per heavy atom. The lowest BCUT2D eigenvalue weighted by Gasteiger charge is -2.05. The van der Waals surface area contributed by atoms with Gasteiger partial charge in [0.25, 0.3) is 5.91 Å². The van der Waals surface area contributed by atoms with Crippen LogP contribution in [-0.2, 0) is 6.54 Å². The minimum atomic E-state index is -0.0993. The van der Waals surface area contributed by atoms with Gasteiger partial charge in [0.2, 0.25) is 0 Å². The highest BCUT2D eigenvalue weighted by atomic mass is 16.1. The van der Waals surface area contributed by atoms with Gasteiger partial charge in [0.15, 0.2) is 0 Å². The molecule has 2 heterocycles. The lowest BCUT2D eigenvalue weighted by Crippen LogP contribution is -2.22. The zero-order chi connectivity index (χ0) is 14.5. The van der Waals surface area contributed by atoms with Gasteiger partial charge in [-0.2, -0.15) is 0 Å². The predicted molar refractivity (Wildman–Crippen MR) is 79.4 cm³/mol. The molecule has 1 amide bonds. The summed E-state index contributed by atoms with van der Waals surface area (Å²) in [6.45, 7) is 0.487. The van der Waals surface area contributed by atoms with Crippen molar-refractivity contribution in [2.24, 2.45) is 0 Å². The summed E-state index contributed by atoms with van der Waals surface area (Å²) in [4.78, 5) is 23.2. The first-order chi connectivity index (χ1) is 10.3. The molecule has 2 aromatic heterocycles. The van der Waals surface area contributed by atoms with Gasteiger partial charge in [-0.25, -0.2) is 4.98 Å². The number of carbonyl (C=O) groups is 1. The van der Waals surface area contributed by atoms with E-state index in [1.165, 1.54) is 0 Å². The highest BCUT2D eigenvalue weighted by molar-refractivity contribution is 5.94. The Bertz CT molecular complexity index is 706. The Kier molecular flexibility index (Phi) is 3.73. The maximum Gasteiger partial charge on any atom is 0.251 e. The van der Waals surface area contributed by atoms with Gasteiger partial charge < -0.3 is 10.3 Å². The first kappa shape index (κ1) is 13.1. The van der Waals surface area contributed by atoms with Gasteiger partial charge in [0, 0.05) is 42.5 Å². The molecule has 0 aliphatic heterocycles. The van der Waals surface area contributed by atoms with Crippen molar-refractivity contribution in [3.63, 3.8) is 0 Å². The van der Waals surface area contributed by atoms with E-state index in [4.69, 9.17) is 0 Å². The van der Waals surface area contributed by atoms with E-state index >= 15 is 0 Å². The zero-order valence-electron chi connectivity index (χ0n) is 11.3. The van der Waals surface area contributed by atoms with Crippen LogP contribution in [0.2, 0.25) is 0 Å². The van der Waals surface area contributed by atoms with Crippen molar-refractivity contribution >= 4 is 5.91 Å². The second-order valence-corrected chi connectivity index (χ2v) is 4.55. The van der Waals surface area contributed by atoms with E-state index in [0.717, 1.165) is 17.0 Å². The number of nitrogens with one attached hydrogen (secondary N) is 2. The van der Waals surface area contributed by atoms with E-state index in [1.54, 1.807) is 36.9 Å². The number of nitrogens with zero attached hydrogens (tertiary/aromatic N) is 2. The fraction of sp³-hybridized carbons (Fsp3) is 0.0625. The van der Waals surface area contributed by atoms with Gasteiger partial charge in [-0.3, -0.25) is 9.78 Å². The molecule has 0 spiro atoms. The first-order valence-electron chi connectivity index (χ1n) is 6.60. The van der Waals surface area contributed by atoms with Crippen molar-refractivity contribution in [3.05, 3.63) is 72.3 Å². The monoisotopic (exact) mass is 278 g/mol. The molecule has 0 radical (unpaired) electrons. The Morgan fingerprint density at radius 1 is 1.05 bits per heavy atom. The lowest BCUT2D eigenvalue weighted by atomic mass is 10.1.